The van der Waals surface area contributed by atoms with Crippen molar-refractivity contribution in [2.24, 2.45) is 0 Å². The molecule has 0 atom stereocenters. The minimum Gasteiger partial charge on any atom is -0.457 e. The molecule has 0 radical (unpaired) electrons. The van der Waals surface area contributed by atoms with Gasteiger partial charge in [0.1, 0.15) is 6.61 Å². The topological polar surface area (TPSA) is 29.5 Å². The molecular weight excluding hydrogens is 286 g/mol. The number of carbonyl (C=O) groups excluding carboxylic acids is 1. The van der Waals surface area contributed by atoms with E-state index in [1.54, 1.807) is 0 Å². The van der Waals surface area contributed by atoms with E-state index in [0.29, 0.717) is 12.5 Å². The minimum atomic E-state index is -0.177. The molecule has 0 N–H and O–H groups in total. The molecule has 0 spiro atoms. The largest absolute Gasteiger partial charge is 0.457 e. The van der Waals surface area contributed by atoms with Crippen molar-refractivity contribution in [2.75, 3.05) is 13.1 Å². The molecule has 2 aliphatic rings. The third kappa shape index (κ3) is 3.02. The van der Waals surface area contributed by atoms with Crippen LogP contribution in [0.2, 0.25) is 0 Å². The van der Waals surface area contributed by atoms with Crippen molar-refractivity contribution < 1.29 is 9.53 Å². The van der Waals surface area contributed by atoms with Gasteiger partial charge in [-0.2, -0.15) is 0 Å². The van der Waals surface area contributed by atoms with Crippen LogP contribution < -0.4 is 0 Å². The van der Waals surface area contributed by atoms with Gasteiger partial charge in [0.15, 0.2) is 0 Å². The van der Waals surface area contributed by atoms with Crippen LogP contribution in [0.3, 0.4) is 0 Å². The average Bonchev–Trinajstić information content (AvgIpc) is 2.97. The van der Waals surface area contributed by atoms with Crippen molar-refractivity contribution in [3.8, 4) is 0 Å². The zero-order valence-corrected chi connectivity index (χ0v) is 13.2. The lowest BCUT2D eigenvalue weighted by molar-refractivity contribution is 0.0535. The first-order chi connectivity index (χ1) is 11.3. The number of carbonyl (C=O) groups is 1. The van der Waals surface area contributed by atoms with Crippen molar-refractivity contribution in [3.05, 3.63) is 70.8 Å². The third-order valence-electron chi connectivity index (χ3n) is 5.02. The zero-order valence-electron chi connectivity index (χ0n) is 13.2. The lowest BCUT2D eigenvalue weighted by Gasteiger charge is -2.32. The van der Waals surface area contributed by atoms with E-state index in [4.69, 9.17) is 4.74 Å². The average molecular weight is 307 g/mol. The number of piperidine rings is 1. The molecule has 0 saturated carbocycles. The summed E-state index contributed by atoms with van der Waals surface area (Å²) >= 11 is 0. The summed E-state index contributed by atoms with van der Waals surface area (Å²) in [5.74, 6) is 0.423. The smallest absolute Gasteiger partial charge is 0.338 e. The Balaban J connectivity index is 1.39. The Kier molecular flexibility index (Phi) is 3.88. The van der Waals surface area contributed by atoms with Gasteiger partial charge in [-0.15, -0.1) is 0 Å². The highest BCUT2D eigenvalue weighted by Gasteiger charge is 2.25. The van der Waals surface area contributed by atoms with Gasteiger partial charge in [-0.1, -0.05) is 42.5 Å². The Hall–Kier alpha value is -2.13. The predicted molar refractivity (Wildman–Crippen MR) is 89.3 cm³/mol. The maximum atomic E-state index is 11.5. The summed E-state index contributed by atoms with van der Waals surface area (Å²) in [5, 5.41) is 0. The van der Waals surface area contributed by atoms with E-state index in [9.17, 15) is 4.79 Å². The Morgan fingerprint density at radius 2 is 1.83 bits per heavy atom. The fourth-order valence-electron chi connectivity index (χ4n) is 3.67. The number of likely N-dealkylation sites (tertiary alicyclic amines) is 1. The number of fused-ring (bicyclic) bond motifs is 1. The first-order valence-electron chi connectivity index (χ1n) is 8.36. The lowest BCUT2D eigenvalue weighted by Crippen LogP contribution is -2.32. The zero-order chi connectivity index (χ0) is 15.6. The SMILES string of the molecule is O=C1OCc2cc(C3CCN(Cc4ccccc4)CC3)ccc21. The normalized spacial score (nSPS) is 18.7. The van der Waals surface area contributed by atoms with Crippen LogP contribution in [-0.4, -0.2) is 24.0 Å². The summed E-state index contributed by atoms with van der Waals surface area (Å²) in [5.41, 5.74) is 4.55. The van der Waals surface area contributed by atoms with E-state index < -0.39 is 0 Å². The molecule has 118 valence electrons. The van der Waals surface area contributed by atoms with E-state index in [2.05, 4.69) is 47.4 Å². The van der Waals surface area contributed by atoms with Crippen molar-refractivity contribution >= 4 is 5.97 Å². The second kappa shape index (κ2) is 6.17. The third-order valence-corrected chi connectivity index (χ3v) is 5.02. The van der Waals surface area contributed by atoms with E-state index in [-0.39, 0.29) is 5.97 Å². The molecule has 0 amide bonds. The molecule has 2 aromatic carbocycles. The van der Waals surface area contributed by atoms with Crippen LogP contribution in [0.4, 0.5) is 0 Å². The molecule has 0 bridgehead atoms. The molecular formula is C20H21NO2. The summed E-state index contributed by atoms with van der Waals surface area (Å²) in [7, 11) is 0. The predicted octanol–water partition coefficient (Wildman–Crippen LogP) is 3.74. The van der Waals surface area contributed by atoms with E-state index in [1.807, 2.05) is 6.07 Å². The molecule has 0 unspecified atom stereocenters. The monoisotopic (exact) mass is 307 g/mol. The van der Waals surface area contributed by atoms with Crippen LogP contribution in [-0.2, 0) is 17.9 Å². The van der Waals surface area contributed by atoms with Gasteiger partial charge in [-0.05, 0) is 49.0 Å². The van der Waals surface area contributed by atoms with Gasteiger partial charge in [0.05, 0.1) is 5.56 Å². The number of cyclic esters (lactones) is 1. The highest BCUT2D eigenvalue weighted by Crippen LogP contribution is 2.31. The second-order valence-corrected chi connectivity index (χ2v) is 6.53. The maximum Gasteiger partial charge on any atom is 0.338 e. The highest BCUT2D eigenvalue weighted by atomic mass is 16.5. The molecule has 0 aliphatic carbocycles. The van der Waals surface area contributed by atoms with E-state index in [1.165, 1.54) is 24.0 Å². The van der Waals surface area contributed by atoms with Gasteiger partial charge < -0.3 is 4.74 Å². The highest BCUT2D eigenvalue weighted by molar-refractivity contribution is 5.93. The van der Waals surface area contributed by atoms with Crippen LogP contribution in [0.1, 0.15) is 45.8 Å². The Bertz CT molecular complexity index is 703. The van der Waals surface area contributed by atoms with Crippen LogP contribution in [0.25, 0.3) is 0 Å². The molecule has 3 heteroatoms. The standard InChI is InChI=1S/C20H21NO2/c22-20-19-7-6-17(12-18(19)14-23-20)16-8-10-21(11-9-16)13-15-4-2-1-3-5-15/h1-7,12,16H,8-11,13-14H2. The van der Waals surface area contributed by atoms with Gasteiger partial charge in [0.2, 0.25) is 0 Å². The molecule has 23 heavy (non-hydrogen) atoms. The molecule has 0 aromatic heterocycles. The molecule has 2 heterocycles. The molecule has 1 saturated heterocycles. The van der Waals surface area contributed by atoms with Crippen LogP contribution >= 0.6 is 0 Å². The van der Waals surface area contributed by atoms with E-state index in [0.717, 1.165) is 30.8 Å². The first-order valence-corrected chi connectivity index (χ1v) is 8.36. The van der Waals surface area contributed by atoms with Gasteiger partial charge in [0.25, 0.3) is 0 Å². The first kappa shape index (κ1) is 14.5. The molecule has 3 nitrogen and oxygen atoms in total. The summed E-state index contributed by atoms with van der Waals surface area (Å²) < 4.78 is 5.10. The van der Waals surface area contributed by atoms with Crippen molar-refractivity contribution in [3.63, 3.8) is 0 Å². The van der Waals surface area contributed by atoms with Crippen molar-refractivity contribution in [1.82, 2.24) is 4.90 Å². The summed E-state index contributed by atoms with van der Waals surface area (Å²) in [6.07, 6.45) is 2.36. The summed E-state index contributed by atoms with van der Waals surface area (Å²) in [4.78, 5) is 14.1. The lowest BCUT2D eigenvalue weighted by atomic mass is 9.88. The Labute approximate surface area is 136 Å². The van der Waals surface area contributed by atoms with Gasteiger partial charge in [-0.25, -0.2) is 4.79 Å². The van der Waals surface area contributed by atoms with E-state index >= 15 is 0 Å². The fourth-order valence-corrected chi connectivity index (χ4v) is 3.67. The van der Waals surface area contributed by atoms with Gasteiger partial charge in [-0.3, -0.25) is 4.90 Å². The molecule has 4 rings (SSSR count). The summed E-state index contributed by atoms with van der Waals surface area (Å²) in [6, 6.07) is 16.9. The quantitative estimate of drug-likeness (QED) is 0.809. The number of esters is 1. The van der Waals surface area contributed by atoms with Gasteiger partial charge in [0, 0.05) is 12.1 Å². The number of nitrogens with zero attached hydrogens (tertiary/aromatic N) is 1. The van der Waals surface area contributed by atoms with Crippen LogP contribution in [0.15, 0.2) is 48.5 Å². The Morgan fingerprint density at radius 1 is 1.04 bits per heavy atom. The number of benzene rings is 2. The second-order valence-electron chi connectivity index (χ2n) is 6.53. The summed E-state index contributed by atoms with van der Waals surface area (Å²) in [6.45, 7) is 3.74. The molecule has 1 fully saturated rings. The number of rotatable bonds is 3. The molecule has 2 aliphatic heterocycles. The Morgan fingerprint density at radius 3 is 2.61 bits per heavy atom. The fraction of sp³-hybridized carbons (Fsp3) is 0.350. The van der Waals surface area contributed by atoms with Crippen molar-refractivity contribution in [2.45, 2.75) is 31.9 Å². The number of ether oxygens (including phenoxy) is 1. The number of hydrogen-bond donors (Lipinski definition) is 0. The van der Waals surface area contributed by atoms with Crippen molar-refractivity contribution in [1.29, 1.82) is 0 Å². The number of hydrogen-bond acceptors (Lipinski definition) is 3. The maximum absolute atomic E-state index is 11.5. The van der Waals surface area contributed by atoms with Gasteiger partial charge >= 0.3 is 5.97 Å². The minimum absolute atomic E-state index is 0.177. The van der Waals surface area contributed by atoms with Crippen LogP contribution in [0, 0.1) is 0 Å². The van der Waals surface area contributed by atoms with Crippen LogP contribution in [0.5, 0.6) is 0 Å². The molecule has 2 aromatic rings.